The Labute approximate surface area is 187 Å². The molecule has 1 amide bonds. The number of nitrogens with one attached hydrogen (secondary N) is 1. The molecule has 0 saturated carbocycles. The van der Waals surface area contributed by atoms with Crippen molar-refractivity contribution in [1.82, 2.24) is 14.5 Å². The third kappa shape index (κ3) is 4.75. The molecule has 0 bridgehead atoms. The van der Waals surface area contributed by atoms with Crippen LogP contribution in [0.5, 0.6) is 0 Å². The predicted octanol–water partition coefficient (Wildman–Crippen LogP) is 3.36. The van der Waals surface area contributed by atoms with Crippen molar-refractivity contribution in [2.45, 2.75) is 11.4 Å². The summed E-state index contributed by atoms with van der Waals surface area (Å²) in [6.45, 7) is 2.50. The lowest BCUT2D eigenvalue weighted by Gasteiger charge is -2.31. The highest BCUT2D eigenvalue weighted by molar-refractivity contribution is 7.89. The highest BCUT2D eigenvalue weighted by Crippen LogP contribution is 2.24. The van der Waals surface area contributed by atoms with Crippen LogP contribution in [-0.2, 0) is 16.6 Å². The fourth-order valence-electron chi connectivity index (χ4n) is 3.64. The molecule has 0 atom stereocenters. The molecule has 1 aliphatic heterocycles. The highest BCUT2D eigenvalue weighted by Gasteiger charge is 2.28. The fourth-order valence-corrected chi connectivity index (χ4v) is 5.30. The fraction of sp³-hybridized carbons (Fsp3) is 0.261. The first-order valence-corrected chi connectivity index (χ1v) is 11.9. The number of fused-ring (bicyclic) bond motifs is 1. The van der Waals surface area contributed by atoms with Gasteiger partial charge in [0.1, 0.15) is 0 Å². The van der Waals surface area contributed by atoms with Crippen molar-refractivity contribution in [3.05, 3.63) is 76.8 Å². The zero-order valence-electron chi connectivity index (χ0n) is 17.2. The molecule has 6 nitrogen and oxygen atoms in total. The van der Waals surface area contributed by atoms with Gasteiger partial charge in [-0.05, 0) is 47.6 Å². The second-order valence-electron chi connectivity index (χ2n) is 7.71. The Kier molecular flexibility index (Phi) is 6.29. The Balaban J connectivity index is 1.51. The lowest BCUT2D eigenvalue weighted by molar-refractivity contribution is 0.0951. The van der Waals surface area contributed by atoms with Crippen LogP contribution in [0.15, 0.2) is 65.6 Å². The molecule has 8 heteroatoms. The Hall–Kier alpha value is -2.45. The van der Waals surface area contributed by atoms with Crippen LogP contribution >= 0.6 is 11.6 Å². The standard InChI is InChI=1S/C23H24ClN3O3S/c1-26-10-12-27(13-11-26)31(29,30)20-8-9-22(24)21(15-20)23(28)25-16-17-6-7-18-4-2-3-5-19(18)14-17/h2-9,14-15H,10-13,16H2,1H3,(H,25,28). The van der Waals surface area contributed by atoms with E-state index in [0.29, 0.717) is 32.7 Å². The van der Waals surface area contributed by atoms with E-state index in [1.54, 1.807) is 0 Å². The van der Waals surface area contributed by atoms with E-state index < -0.39 is 15.9 Å². The molecule has 3 aromatic rings. The van der Waals surface area contributed by atoms with Crippen molar-refractivity contribution in [2.24, 2.45) is 0 Å². The minimum atomic E-state index is -3.68. The van der Waals surface area contributed by atoms with Gasteiger partial charge in [-0.2, -0.15) is 4.31 Å². The average Bonchev–Trinajstić information content (AvgIpc) is 2.77. The molecule has 3 aromatic carbocycles. The zero-order valence-corrected chi connectivity index (χ0v) is 18.8. The molecule has 1 N–H and O–H groups in total. The number of amides is 1. The Morgan fingerprint density at radius 2 is 1.68 bits per heavy atom. The minimum absolute atomic E-state index is 0.0808. The topological polar surface area (TPSA) is 69.7 Å². The van der Waals surface area contributed by atoms with Crippen LogP contribution in [0.2, 0.25) is 5.02 Å². The maximum atomic E-state index is 13.0. The van der Waals surface area contributed by atoms with Gasteiger partial charge >= 0.3 is 0 Å². The third-order valence-electron chi connectivity index (χ3n) is 5.55. The number of likely N-dealkylation sites (N-methyl/N-ethyl adjacent to an activating group) is 1. The summed E-state index contributed by atoms with van der Waals surface area (Å²) in [5.41, 5.74) is 1.10. The van der Waals surface area contributed by atoms with Crippen molar-refractivity contribution in [3.63, 3.8) is 0 Å². The molecular formula is C23H24ClN3O3S. The van der Waals surface area contributed by atoms with Crippen LogP contribution < -0.4 is 5.32 Å². The van der Waals surface area contributed by atoms with Gasteiger partial charge in [-0.1, -0.05) is 48.0 Å². The van der Waals surface area contributed by atoms with Crippen LogP contribution in [-0.4, -0.2) is 56.8 Å². The summed E-state index contributed by atoms with van der Waals surface area (Å²) in [6, 6.07) is 18.3. The smallest absolute Gasteiger partial charge is 0.253 e. The molecule has 162 valence electrons. The molecule has 31 heavy (non-hydrogen) atoms. The maximum absolute atomic E-state index is 13.0. The van der Waals surface area contributed by atoms with Crippen LogP contribution in [0, 0.1) is 0 Å². The largest absolute Gasteiger partial charge is 0.348 e. The molecule has 0 aromatic heterocycles. The van der Waals surface area contributed by atoms with Crippen molar-refractivity contribution < 1.29 is 13.2 Å². The van der Waals surface area contributed by atoms with E-state index in [1.165, 1.54) is 22.5 Å². The van der Waals surface area contributed by atoms with Gasteiger partial charge in [0.15, 0.2) is 0 Å². The van der Waals surface area contributed by atoms with Crippen molar-refractivity contribution >= 4 is 38.3 Å². The monoisotopic (exact) mass is 457 g/mol. The zero-order chi connectivity index (χ0) is 22.0. The highest BCUT2D eigenvalue weighted by atomic mass is 35.5. The van der Waals surface area contributed by atoms with Crippen molar-refractivity contribution in [3.8, 4) is 0 Å². The van der Waals surface area contributed by atoms with E-state index in [1.807, 2.05) is 49.5 Å². The van der Waals surface area contributed by atoms with Crippen LogP contribution in [0.1, 0.15) is 15.9 Å². The van der Waals surface area contributed by atoms with Crippen LogP contribution in [0.3, 0.4) is 0 Å². The third-order valence-corrected chi connectivity index (χ3v) is 7.77. The number of sulfonamides is 1. The molecule has 0 unspecified atom stereocenters. The average molecular weight is 458 g/mol. The number of piperazine rings is 1. The number of halogens is 1. The van der Waals surface area contributed by atoms with E-state index in [-0.39, 0.29) is 15.5 Å². The molecule has 1 heterocycles. The molecular weight excluding hydrogens is 434 g/mol. The molecule has 1 saturated heterocycles. The molecule has 1 fully saturated rings. The van der Waals surface area contributed by atoms with Gasteiger partial charge in [0.25, 0.3) is 5.91 Å². The molecule has 4 rings (SSSR count). The maximum Gasteiger partial charge on any atom is 0.253 e. The van der Waals surface area contributed by atoms with E-state index in [2.05, 4.69) is 10.2 Å². The first-order chi connectivity index (χ1) is 14.8. The summed E-state index contributed by atoms with van der Waals surface area (Å²) < 4.78 is 27.5. The van der Waals surface area contributed by atoms with Crippen molar-refractivity contribution in [1.29, 1.82) is 0 Å². The number of carbonyl (C=O) groups excluding carboxylic acids is 1. The Morgan fingerprint density at radius 1 is 0.968 bits per heavy atom. The van der Waals surface area contributed by atoms with Gasteiger partial charge in [0, 0.05) is 32.7 Å². The van der Waals surface area contributed by atoms with Gasteiger partial charge in [-0.15, -0.1) is 0 Å². The molecule has 0 spiro atoms. The summed E-state index contributed by atoms with van der Waals surface area (Å²) in [5.74, 6) is -0.409. The first-order valence-electron chi connectivity index (χ1n) is 10.1. The predicted molar refractivity (Wildman–Crippen MR) is 123 cm³/mol. The Bertz CT molecular complexity index is 1220. The van der Waals surface area contributed by atoms with Crippen LogP contribution in [0.25, 0.3) is 10.8 Å². The summed E-state index contributed by atoms with van der Waals surface area (Å²) in [4.78, 5) is 15.0. The Morgan fingerprint density at radius 3 is 2.42 bits per heavy atom. The number of carbonyl (C=O) groups is 1. The second kappa shape index (κ2) is 8.96. The second-order valence-corrected chi connectivity index (χ2v) is 10.1. The van der Waals surface area contributed by atoms with E-state index in [0.717, 1.165) is 16.3 Å². The normalized spacial score (nSPS) is 15.8. The van der Waals surface area contributed by atoms with Gasteiger partial charge in [0.2, 0.25) is 10.0 Å². The summed E-state index contributed by atoms with van der Waals surface area (Å²) in [5, 5.41) is 5.28. The minimum Gasteiger partial charge on any atom is -0.348 e. The van der Waals surface area contributed by atoms with Crippen LogP contribution in [0.4, 0.5) is 0 Å². The number of rotatable bonds is 5. The van der Waals surface area contributed by atoms with Crippen molar-refractivity contribution in [2.75, 3.05) is 33.2 Å². The SMILES string of the molecule is CN1CCN(S(=O)(=O)c2ccc(Cl)c(C(=O)NCc3ccc4ccccc4c3)c2)CC1. The lowest BCUT2D eigenvalue weighted by atomic mass is 10.1. The lowest BCUT2D eigenvalue weighted by Crippen LogP contribution is -2.47. The number of nitrogens with zero attached hydrogens (tertiary/aromatic N) is 2. The van der Waals surface area contributed by atoms with Gasteiger partial charge < -0.3 is 10.2 Å². The molecule has 0 aliphatic carbocycles. The van der Waals surface area contributed by atoms with Gasteiger partial charge in [-0.25, -0.2) is 8.42 Å². The summed E-state index contributed by atoms with van der Waals surface area (Å²) in [6.07, 6.45) is 0. The summed E-state index contributed by atoms with van der Waals surface area (Å²) in [7, 11) is -1.72. The molecule has 1 aliphatic rings. The first kappa shape index (κ1) is 21.8. The number of hydrogen-bond donors (Lipinski definition) is 1. The summed E-state index contributed by atoms with van der Waals surface area (Å²) >= 11 is 6.23. The van der Waals surface area contributed by atoms with Gasteiger partial charge in [0.05, 0.1) is 15.5 Å². The van der Waals surface area contributed by atoms with E-state index >= 15 is 0 Å². The van der Waals surface area contributed by atoms with E-state index in [9.17, 15) is 13.2 Å². The van der Waals surface area contributed by atoms with Gasteiger partial charge in [-0.3, -0.25) is 4.79 Å². The number of benzene rings is 3. The number of hydrogen-bond acceptors (Lipinski definition) is 4. The quantitative estimate of drug-likeness (QED) is 0.637. The van der Waals surface area contributed by atoms with E-state index in [4.69, 9.17) is 11.6 Å². The molecule has 0 radical (unpaired) electrons.